The van der Waals surface area contributed by atoms with Gasteiger partial charge >= 0.3 is 0 Å². The number of carbonyl (C=O) groups excluding carboxylic acids is 1. The van der Waals surface area contributed by atoms with Crippen molar-refractivity contribution in [2.45, 2.75) is 39.3 Å². The Balaban J connectivity index is 2.90. The third kappa shape index (κ3) is 3.30. The summed E-state index contributed by atoms with van der Waals surface area (Å²) in [6.07, 6.45) is 0. The molecule has 3 N–H and O–H groups in total. The maximum atomic E-state index is 12.0. The second-order valence-electron chi connectivity index (χ2n) is 4.46. The lowest BCUT2D eigenvalue weighted by Crippen LogP contribution is -2.40. The molecule has 0 saturated carbocycles. The molecule has 0 aliphatic rings. The number of hydrogen-bond acceptors (Lipinski definition) is 4. The van der Waals surface area contributed by atoms with Crippen molar-refractivity contribution in [1.29, 1.82) is 0 Å². The lowest BCUT2D eigenvalue weighted by Gasteiger charge is -2.13. The molecule has 0 radical (unpaired) electrons. The van der Waals surface area contributed by atoms with E-state index in [9.17, 15) is 4.79 Å². The number of nitrogens with zero attached hydrogens (tertiary/aromatic N) is 2. The molecule has 0 unspecified atom stereocenters. The lowest BCUT2D eigenvalue weighted by atomic mass is 10.1. The van der Waals surface area contributed by atoms with Crippen LogP contribution in [0.1, 0.15) is 42.9 Å². The van der Waals surface area contributed by atoms with Crippen molar-refractivity contribution >= 4 is 5.91 Å². The van der Waals surface area contributed by atoms with Crippen molar-refractivity contribution in [2.75, 3.05) is 13.2 Å². The summed E-state index contributed by atoms with van der Waals surface area (Å²) in [5.74, 6) is -0.0832. The number of aromatic nitrogens is 2. The summed E-state index contributed by atoms with van der Waals surface area (Å²) in [7, 11) is 0. The molecule has 0 aliphatic heterocycles. The van der Waals surface area contributed by atoms with Gasteiger partial charge in [0.1, 0.15) is 5.69 Å². The molecule has 0 atom stereocenters. The minimum Gasteiger partial charge on any atom is -0.394 e. The van der Waals surface area contributed by atoms with Gasteiger partial charge in [0.2, 0.25) is 0 Å². The molecule has 1 amide bonds. The maximum Gasteiger partial charge on any atom is 0.269 e. The summed E-state index contributed by atoms with van der Waals surface area (Å²) in [6.45, 7) is 5.93. The smallest absolute Gasteiger partial charge is 0.269 e. The highest BCUT2D eigenvalue weighted by Crippen LogP contribution is 2.14. The average molecular weight is 255 g/mol. The van der Waals surface area contributed by atoms with Crippen LogP contribution in [0.3, 0.4) is 0 Å². The van der Waals surface area contributed by atoms with Crippen LogP contribution in [0.25, 0.3) is 0 Å². The Morgan fingerprint density at radius 3 is 2.50 bits per heavy atom. The van der Waals surface area contributed by atoms with E-state index in [1.165, 1.54) is 0 Å². The molecule has 1 aromatic rings. The quantitative estimate of drug-likeness (QED) is 0.673. The standard InChI is InChI=1S/C12H21N3O3/c1-4-15-11(5-10(14-15)8(2)3)12(18)13-9(6-16)7-17/h5,8-9,16-17H,4,6-7H2,1-3H3,(H,13,18). The van der Waals surface area contributed by atoms with E-state index in [-0.39, 0.29) is 25.0 Å². The third-order valence-electron chi connectivity index (χ3n) is 2.70. The van der Waals surface area contributed by atoms with Crippen LogP contribution >= 0.6 is 0 Å². The Bertz CT molecular complexity index is 397. The largest absolute Gasteiger partial charge is 0.394 e. The van der Waals surface area contributed by atoms with Crippen LogP contribution in [-0.2, 0) is 6.54 Å². The second-order valence-corrected chi connectivity index (χ2v) is 4.46. The molecule has 0 spiro atoms. The van der Waals surface area contributed by atoms with Gasteiger partial charge in [0.05, 0.1) is 24.9 Å². The summed E-state index contributed by atoms with van der Waals surface area (Å²) in [4.78, 5) is 12.0. The van der Waals surface area contributed by atoms with Crippen LogP contribution in [0, 0.1) is 0 Å². The molecule has 1 heterocycles. The molecular formula is C12H21N3O3. The fraction of sp³-hybridized carbons (Fsp3) is 0.667. The van der Waals surface area contributed by atoms with E-state index in [4.69, 9.17) is 10.2 Å². The van der Waals surface area contributed by atoms with Crippen LogP contribution in [0.15, 0.2) is 6.07 Å². The van der Waals surface area contributed by atoms with Crippen LogP contribution < -0.4 is 5.32 Å². The van der Waals surface area contributed by atoms with Gasteiger partial charge < -0.3 is 15.5 Å². The van der Waals surface area contributed by atoms with Gasteiger partial charge in [-0.2, -0.15) is 5.10 Å². The highest BCUT2D eigenvalue weighted by atomic mass is 16.3. The molecule has 1 rings (SSSR count). The summed E-state index contributed by atoms with van der Waals surface area (Å²) < 4.78 is 1.62. The Hall–Kier alpha value is -1.40. The molecule has 18 heavy (non-hydrogen) atoms. The predicted octanol–water partition coefficient (Wildman–Crippen LogP) is 0.109. The highest BCUT2D eigenvalue weighted by Gasteiger charge is 2.18. The zero-order valence-electron chi connectivity index (χ0n) is 11.1. The predicted molar refractivity (Wildman–Crippen MR) is 67.4 cm³/mol. The van der Waals surface area contributed by atoms with E-state index in [2.05, 4.69) is 10.4 Å². The van der Waals surface area contributed by atoms with Crippen molar-refractivity contribution in [2.24, 2.45) is 0 Å². The van der Waals surface area contributed by atoms with Gasteiger partial charge in [0, 0.05) is 6.54 Å². The normalized spacial score (nSPS) is 11.3. The summed E-state index contributed by atoms with van der Waals surface area (Å²) in [5.41, 5.74) is 1.31. The number of aryl methyl sites for hydroxylation is 1. The average Bonchev–Trinajstić information content (AvgIpc) is 2.79. The molecule has 0 aliphatic carbocycles. The Morgan fingerprint density at radius 1 is 1.44 bits per heavy atom. The van der Waals surface area contributed by atoms with Crippen molar-refractivity contribution in [1.82, 2.24) is 15.1 Å². The first-order valence-corrected chi connectivity index (χ1v) is 6.13. The SMILES string of the molecule is CCn1nc(C(C)C)cc1C(=O)NC(CO)CO. The molecule has 102 valence electrons. The number of aliphatic hydroxyl groups is 2. The lowest BCUT2D eigenvalue weighted by molar-refractivity contribution is 0.0869. The van der Waals surface area contributed by atoms with Crippen molar-refractivity contribution < 1.29 is 15.0 Å². The number of nitrogens with one attached hydrogen (secondary N) is 1. The molecule has 0 fully saturated rings. The zero-order chi connectivity index (χ0) is 13.7. The summed E-state index contributed by atoms with van der Waals surface area (Å²) in [5, 5.41) is 24.8. The Morgan fingerprint density at radius 2 is 2.06 bits per heavy atom. The number of carbonyl (C=O) groups is 1. The second kappa shape index (κ2) is 6.51. The van der Waals surface area contributed by atoms with E-state index < -0.39 is 6.04 Å². The first kappa shape index (κ1) is 14.7. The highest BCUT2D eigenvalue weighted by molar-refractivity contribution is 5.92. The van der Waals surface area contributed by atoms with E-state index in [1.807, 2.05) is 20.8 Å². The first-order valence-electron chi connectivity index (χ1n) is 6.13. The van der Waals surface area contributed by atoms with Gasteiger partial charge in [0.25, 0.3) is 5.91 Å². The van der Waals surface area contributed by atoms with E-state index in [0.717, 1.165) is 5.69 Å². The summed E-state index contributed by atoms with van der Waals surface area (Å²) >= 11 is 0. The molecule has 0 aromatic carbocycles. The van der Waals surface area contributed by atoms with Gasteiger partial charge in [-0.3, -0.25) is 9.48 Å². The number of hydrogen-bond donors (Lipinski definition) is 3. The minimum absolute atomic E-state index is 0.246. The van der Waals surface area contributed by atoms with Gasteiger partial charge in [-0.25, -0.2) is 0 Å². The molecular weight excluding hydrogens is 234 g/mol. The van der Waals surface area contributed by atoms with Crippen molar-refractivity contribution in [3.8, 4) is 0 Å². The minimum atomic E-state index is -0.639. The fourth-order valence-electron chi connectivity index (χ4n) is 1.55. The Kier molecular flexibility index (Phi) is 5.30. The number of rotatable bonds is 6. The Labute approximate surface area is 107 Å². The summed E-state index contributed by atoms with van der Waals surface area (Å²) in [6, 6.07) is 1.11. The number of aliphatic hydroxyl groups excluding tert-OH is 2. The first-order chi connectivity index (χ1) is 8.53. The van der Waals surface area contributed by atoms with Crippen molar-refractivity contribution in [3.05, 3.63) is 17.5 Å². The maximum absolute atomic E-state index is 12.0. The van der Waals surface area contributed by atoms with Crippen LogP contribution in [0.2, 0.25) is 0 Å². The monoisotopic (exact) mass is 255 g/mol. The fourth-order valence-corrected chi connectivity index (χ4v) is 1.55. The van der Waals surface area contributed by atoms with E-state index >= 15 is 0 Å². The number of amides is 1. The molecule has 0 saturated heterocycles. The van der Waals surface area contributed by atoms with Gasteiger partial charge in [0.15, 0.2) is 0 Å². The van der Waals surface area contributed by atoms with E-state index in [1.54, 1.807) is 10.7 Å². The molecule has 0 bridgehead atoms. The third-order valence-corrected chi connectivity index (χ3v) is 2.70. The topological polar surface area (TPSA) is 87.4 Å². The van der Waals surface area contributed by atoms with E-state index in [0.29, 0.717) is 12.2 Å². The zero-order valence-corrected chi connectivity index (χ0v) is 11.1. The van der Waals surface area contributed by atoms with Gasteiger partial charge in [-0.05, 0) is 18.9 Å². The van der Waals surface area contributed by atoms with Gasteiger partial charge in [-0.15, -0.1) is 0 Å². The van der Waals surface area contributed by atoms with Crippen LogP contribution in [-0.4, -0.2) is 45.2 Å². The van der Waals surface area contributed by atoms with Crippen LogP contribution in [0.5, 0.6) is 0 Å². The molecule has 1 aromatic heterocycles. The van der Waals surface area contributed by atoms with Crippen molar-refractivity contribution in [3.63, 3.8) is 0 Å². The molecule has 6 heteroatoms. The van der Waals surface area contributed by atoms with Gasteiger partial charge in [-0.1, -0.05) is 13.8 Å². The van der Waals surface area contributed by atoms with Crippen LogP contribution in [0.4, 0.5) is 0 Å². The molecule has 6 nitrogen and oxygen atoms in total.